The van der Waals surface area contributed by atoms with Gasteiger partial charge in [-0.25, -0.2) is 9.18 Å². The molecular weight excluding hydrogens is 323 g/mol. The number of carboxylic acid groups (broad SMARTS) is 1. The van der Waals surface area contributed by atoms with Crippen LogP contribution in [0.5, 0.6) is 0 Å². The summed E-state index contributed by atoms with van der Waals surface area (Å²) in [4.78, 5) is 29.1. The fraction of sp³-hybridized carbons (Fsp3) is 0.105. The van der Waals surface area contributed by atoms with Crippen LogP contribution in [0.15, 0.2) is 59.8 Å². The first-order chi connectivity index (χ1) is 12.0. The van der Waals surface area contributed by atoms with E-state index in [-0.39, 0.29) is 17.5 Å². The summed E-state index contributed by atoms with van der Waals surface area (Å²) in [6.07, 6.45) is 4.94. The summed E-state index contributed by atoms with van der Waals surface area (Å²) < 4.78 is 14.4. The van der Waals surface area contributed by atoms with Gasteiger partial charge in [0.05, 0.1) is 5.56 Å². The Morgan fingerprint density at radius 1 is 1.08 bits per heavy atom. The van der Waals surface area contributed by atoms with E-state index in [9.17, 15) is 14.0 Å². The molecule has 3 aromatic rings. The predicted octanol–water partition coefficient (Wildman–Crippen LogP) is 2.79. The molecule has 0 aliphatic rings. The number of aromatic nitrogens is 2. The standard InChI is InChI=1S/C19H15FN2O3/c20-17-8-12(6-13-7-16(19(24)25)11-21-10-13)3-4-14(17)9-15-2-1-5-22-18(15)23/h1-5,7-8,10-11H,6,9H2,(H,22,23)(H,24,25). The van der Waals surface area contributed by atoms with Gasteiger partial charge in [-0.2, -0.15) is 0 Å². The van der Waals surface area contributed by atoms with Crippen molar-refractivity contribution in [2.45, 2.75) is 12.8 Å². The molecular formula is C19H15FN2O3. The lowest BCUT2D eigenvalue weighted by atomic mass is 10.0. The van der Waals surface area contributed by atoms with Gasteiger partial charge in [0.1, 0.15) is 5.82 Å². The fourth-order valence-corrected chi connectivity index (χ4v) is 2.58. The van der Waals surface area contributed by atoms with E-state index in [0.717, 1.165) is 0 Å². The second kappa shape index (κ2) is 7.09. The minimum absolute atomic E-state index is 0.0953. The van der Waals surface area contributed by atoms with E-state index in [4.69, 9.17) is 5.11 Å². The SMILES string of the molecule is O=C(O)c1cncc(Cc2ccc(Cc3ccc[nH]c3=O)c(F)c2)c1. The van der Waals surface area contributed by atoms with Crippen LogP contribution < -0.4 is 5.56 Å². The van der Waals surface area contributed by atoms with Gasteiger partial charge in [0, 0.05) is 30.6 Å². The Hall–Kier alpha value is -3.28. The molecule has 0 fully saturated rings. The Labute approximate surface area is 142 Å². The second-order valence-electron chi connectivity index (χ2n) is 5.69. The van der Waals surface area contributed by atoms with E-state index in [1.807, 2.05) is 0 Å². The van der Waals surface area contributed by atoms with Gasteiger partial charge in [0.15, 0.2) is 0 Å². The highest BCUT2D eigenvalue weighted by atomic mass is 19.1. The van der Waals surface area contributed by atoms with E-state index in [1.165, 1.54) is 24.5 Å². The zero-order valence-corrected chi connectivity index (χ0v) is 13.2. The number of aromatic carboxylic acids is 1. The maximum atomic E-state index is 14.4. The van der Waals surface area contributed by atoms with Gasteiger partial charge in [-0.1, -0.05) is 18.2 Å². The molecule has 0 unspecified atom stereocenters. The van der Waals surface area contributed by atoms with Crippen LogP contribution in [0.25, 0.3) is 0 Å². The number of hydrogen-bond acceptors (Lipinski definition) is 3. The molecule has 126 valence electrons. The zero-order chi connectivity index (χ0) is 17.8. The maximum absolute atomic E-state index is 14.4. The summed E-state index contributed by atoms with van der Waals surface area (Å²) >= 11 is 0. The highest BCUT2D eigenvalue weighted by Gasteiger charge is 2.09. The molecule has 0 saturated heterocycles. The molecule has 0 radical (unpaired) electrons. The number of carbonyl (C=O) groups is 1. The number of nitrogens with one attached hydrogen (secondary N) is 1. The highest BCUT2D eigenvalue weighted by molar-refractivity contribution is 5.87. The maximum Gasteiger partial charge on any atom is 0.337 e. The minimum atomic E-state index is -1.05. The van der Waals surface area contributed by atoms with E-state index in [1.54, 1.807) is 30.5 Å². The van der Waals surface area contributed by atoms with Crippen LogP contribution in [0.1, 0.15) is 32.6 Å². The third-order valence-electron chi connectivity index (χ3n) is 3.85. The molecule has 6 heteroatoms. The molecule has 3 rings (SSSR count). The molecule has 0 aliphatic heterocycles. The largest absolute Gasteiger partial charge is 0.478 e. The van der Waals surface area contributed by atoms with Gasteiger partial charge < -0.3 is 10.1 Å². The van der Waals surface area contributed by atoms with Crippen molar-refractivity contribution in [3.8, 4) is 0 Å². The molecule has 0 spiro atoms. The number of pyridine rings is 2. The molecule has 25 heavy (non-hydrogen) atoms. The summed E-state index contributed by atoms with van der Waals surface area (Å²) in [5.41, 5.74) is 2.17. The van der Waals surface area contributed by atoms with Crippen LogP contribution in [-0.2, 0) is 12.8 Å². The Kier molecular flexibility index (Phi) is 4.70. The number of benzene rings is 1. The minimum Gasteiger partial charge on any atom is -0.478 e. The van der Waals surface area contributed by atoms with E-state index in [2.05, 4.69) is 9.97 Å². The van der Waals surface area contributed by atoms with Crippen molar-refractivity contribution in [1.82, 2.24) is 9.97 Å². The normalized spacial score (nSPS) is 10.6. The van der Waals surface area contributed by atoms with Gasteiger partial charge in [-0.15, -0.1) is 0 Å². The number of rotatable bonds is 5. The highest BCUT2D eigenvalue weighted by Crippen LogP contribution is 2.17. The van der Waals surface area contributed by atoms with Gasteiger partial charge in [0.25, 0.3) is 5.56 Å². The monoisotopic (exact) mass is 338 g/mol. The lowest BCUT2D eigenvalue weighted by Gasteiger charge is -2.07. The van der Waals surface area contributed by atoms with E-state index in [0.29, 0.717) is 28.7 Å². The molecule has 5 nitrogen and oxygen atoms in total. The number of H-pyrrole nitrogens is 1. The van der Waals surface area contributed by atoms with Crippen molar-refractivity contribution in [2.24, 2.45) is 0 Å². The molecule has 0 saturated carbocycles. The Morgan fingerprint density at radius 3 is 2.64 bits per heavy atom. The lowest BCUT2D eigenvalue weighted by Crippen LogP contribution is -2.12. The van der Waals surface area contributed by atoms with Crippen LogP contribution >= 0.6 is 0 Å². The summed E-state index contributed by atoms with van der Waals surface area (Å²) in [7, 11) is 0. The quantitative estimate of drug-likeness (QED) is 0.749. The van der Waals surface area contributed by atoms with Gasteiger partial charge in [-0.05, 0) is 41.3 Å². The first kappa shape index (κ1) is 16.6. The topological polar surface area (TPSA) is 83.0 Å². The van der Waals surface area contributed by atoms with Gasteiger partial charge in [0.2, 0.25) is 0 Å². The van der Waals surface area contributed by atoms with Crippen molar-refractivity contribution in [1.29, 1.82) is 0 Å². The van der Waals surface area contributed by atoms with Crippen molar-refractivity contribution >= 4 is 5.97 Å². The smallest absolute Gasteiger partial charge is 0.337 e. The molecule has 0 amide bonds. The molecule has 1 aromatic carbocycles. The van der Waals surface area contributed by atoms with Crippen LogP contribution in [0.4, 0.5) is 4.39 Å². The van der Waals surface area contributed by atoms with Gasteiger partial charge in [-0.3, -0.25) is 9.78 Å². The molecule has 0 bridgehead atoms. The van der Waals surface area contributed by atoms with Crippen molar-refractivity contribution in [3.05, 3.63) is 99.0 Å². The number of nitrogens with zero attached hydrogens (tertiary/aromatic N) is 1. The Bertz CT molecular complexity index is 982. The molecule has 0 atom stereocenters. The first-order valence-electron chi connectivity index (χ1n) is 7.64. The third kappa shape index (κ3) is 3.98. The first-order valence-corrected chi connectivity index (χ1v) is 7.64. The summed E-state index contributed by atoms with van der Waals surface area (Å²) in [5.74, 6) is -1.45. The summed E-state index contributed by atoms with van der Waals surface area (Å²) in [6.45, 7) is 0. The van der Waals surface area contributed by atoms with Crippen molar-refractivity contribution in [3.63, 3.8) is 0 Å². The average Bonchev–Trinajstić information content (AvgIpc) is 2.59. The van der Waals surface area contributed by atoms with Crippen LogP contribution in [0.2, 0.25) is 0 Å². The number of halogens is 1. The molecule has 2 aromatic heterocycles. The van der Waals surface area contributed by atoms with Crippen LogP contribution in [0.3, 0.4) is 0 Å². The van der Waals surface area contributed by atoms with Crippen molar-refractivity contribution in [2.75, 3.05) is 0 Å². The van der Waals surface area contributed by atoms with E-state index < -0.39 is 11.8 Å². The zero-order valence-electron chi connectivity index (χ0n) is 13.2. The molecule has 0 aliphatic carbocycles. The Balaban J connectivity index is 1.80. The van der Waals surface area contributed by atoms with Crippen LogP contribution in [0, 0.1) is 5.82 Å². The second-order valence-corrected chi connectivity index (χ2v) is 5.69. The number of carboxylic acids is 1. The average molecular weight is 338 g/mol. The third-order valence-corrected chi connectivity index (χ3v) is 3.85. The van der Waals surface area contributed by atoms with Gasteiger partial charge >= 0.3 is 5.97 Å². The fourth-order valence-electron chi connectivity index (χ4n) is 2.58. The molecule has 2 N–H and O–H groups in total. The lowest BCUT2D eigenvalue weighted by molar-refractivity contribution is 0.0696. The predicted molar refractivity (Wildman–Crippen MR) is 90.3 cm³/mol. The van der Waals surface area contributed by atoms with E-state index >= 15 is 0 Å². The van der Waals surface area contributed by atoms with Crippen LogP contribution in [-0.4, -0.2) is 21.0 Å². The molecule has 2 heterocycles. The number of hydrogen-bond donors (Lipinski definition) is 2. The van der Waals surface area contributed by atoms with Crippen molar-refractivity contribution < 1.29 is 14.3 Å². The Morgan fingerprint density at radius 2 is 1.92 bits per heavy atom. The number of aromatic amines is 1. The summed E-state index contributed by atoms with van der Waals surface area (Å²) in [5, 5.41) is 8.99. The summed E-state index contributed by atoms with van der Waals surface area (Å²) in [6, 6.07) is 9.69.